The van der Waals surface area contributed by atoms with E-state index in [1.165, 1.54) is 16.5 Å². The van der Waals surface area contributed by atoms with Crippen molar-refractivity contribution in [1.82, 2.24) is 4.57 Å². The number of rotatable bonds is 6. The van der Waals surface area contributed by atoms with Gasteiger partial charge in [-0.2, -0.15) is 5.26 Å². The minimum Gasteiger partial charge on any atom is -0.347 e. The number of fused-ring (bicyclic) bond motifs is 1. The number of nitriles is 1. The Bertz CT molecular complexity index is 617. The van der Waals surface area contributed by atoms with Gasteiger partial charge in [-0.3, -0.25) is 0 Å². The average molecular weight is 269 g/mol. The van der Waals surface area contributed by atoms with Crippen LogP contribution in [0.4, 0.5) is 0 Å². The van der Waals surface area contributed by atoms with Gasteiger partial charge in [-0.15, -0.1) is 0 Å². The number of benzene rings is 1. The fraction of sp³-hybridized carbons (Fsp3) is 0.471. The Morgan fingerprint density at radius 1 is 1.25 bits per heavy atom. The van der Waals surface area contributed by atoms with Crippen LogP contribution in [0.5, 0.6) is 0 Å². The van der Waals surface area contributed by atoms with E-state index in [-0.39, 0.29) is 5.41 Å². The second-order valence-corrected chi connectivity index (χ2v) is 6.06. The molecule has 3 nitrogen and oxygen atoms in total. The average Bonchev–Trinajstić information content (AvgIpc) is 2.86. The van der Waals surface area contributed by atoms with E-state index in [1.54, 1.807) is 0 Å². The van der Waals surface area contributed by atoms with Gasteiger partial charge in [0.1, 0.15) is 0 Å². The number of nitrogens with zero attached hydrogens (tertiary/aromatic N) is 2. The standard InChI is InChI=1S/C17H23N3/c1-17(2,13-19)8-3-4-9-20-10-7-15-6-5-14(12-18)11-16(15)20/h5-7,10-11H,3-4,8-9,12,18H2,1-2H3. The molecule has 0 saturated heterocycles. The van der Waals surface area contributed by atoms with E-state index >= 15 is 0 Å². The van der Waals surface area contributed by atoms with Crippen molar-refractivity contribution in [3.8, 4) is 6.07 Å². The zero-order valence-corrected chi connectivity index (χ0v) is 12.4. The highest BCUT2D eigenvalue weighted by Crippen LogP contribution is 2.23. The molecular weight excluding hydrogens is 246 g/mol. The summed E-state index contributed by atoms with van der Waals surface area (Å²) in [4.78, 5) is 0. The molecule has 0 spiro atoms. The Morgan fingerprint density at radius 3 is 2.75 bits per heavy atom. The summed E-state index contributed by atoms with van der Waals surface area (Å²) in [6.45, 7) is 5.59. The first-order chi connectivity index (χ1) is 9.55. The van der Waals surface area contributed by atoms with Crippen LogP contribution in [0.1, 0.15) is 38.7 Å². The molecule has 106 valence electrons. The highest BCUT2D eigenvalue weighted by Gasteiger charge is 2.15. The van der Waals surface area contributed by atoms with Crippen LogP contribution in [-0.4, -0.2) is 4.57 Å². The number of aromatic nitrogens is 1. The molecule has 0 aliphatic heterocycles. The van der Waals surface area contributed by atoms with Crippen LogP contribution < -0.4 is 5.73 Å². The van der Waals surface area contributed by atoms with Crippen molar-refractivity contribution in [2.45, 2.75) is 46.2 Å². The Balaban J connectivity index is 1.98. The number of unbranched alkanes of at least 4 members (excludes halogenated alkanes) is 1. The molecular formula is C17H23N3. The largest absolute Gasteiger partial charge is 0.347 e. The fourth-order valence-corrected chi connectivity index (χ4v) is 2.46. The van der Waals surface area contributed by atoms with E-state index in [0.29, 0.717) is 6.54 Å². The van der Waals surface area contributed by atoms with Crippen molar-refractivity contribution in [2.75, 3.05) is 0 Å². The molecule has 0 bridgehead atoms. The lowest BCUT2D eigenvalue weighted by Crippen LogP contribution is -2.08. The lowest BCUT2D eigenvalue weighted by atomic mass is 9.89. The molecule has 2 rings (SSSR count). The third-order valence-electron chi connectivity index (χ3n) is 3.83. The van der Waals surface area contributed by atoms with Crippen LogP contribution in [0.3, 0.4) is 0 Å². The summed E-state index contributed by atoms with van der Waals surface area (Å²) in [7, 11) is 0. The molecule has 0 saturated carbocycles. The van der Waals surface area contributed by atoms with Gasteiger partial charge in [0.05, 0.1) is 11.5 Å². The zero-order valence-electron chi connectivity index (χ0n) is 12.4. The van der Waals surface area contributed by atoms with Gasteiger partial charge in [0, 0.05) is 24.8 Å². The SMILES string of the molecule is CC(C)(C#N)CCCCn1ccc2ccc(CN)cc21. The van der Waals surface area contributed by atoms with Crippen molar-refractivity contribution >= 4 is 10.9 Å². The first-order valence-corrected chi connectivity index (χ1v) is 7.25. The monoisotopic (exact) mass is 269 g/mol. The normalized spacial score (nSPS) is 11.7. The maximum atomic E-state index is 9.01. The number of hydrogen-bond donors (Lipinski definition) is 1. The van der Waals surface area contributed by atoms with Crippen molar-refractivity contribution < 1.29 is 0 Å². The van der Waals surface area contributed by atoms with E-state index < -0.39 is 0 Å². The van der Waals surface area contributed by atoms with Crippen LogP contribution in [-0.2, 0) is 13.1 Å². The van der Waals surface area contributed by atoms with E-state index in [1.807, 2.05) is 13.8 Å². The van der Waals surface area contributed by atoms with E-state index in [0.717, 1.165) is 25.8 Å². The van der Waals surface area contributed by atoms with Gasteiger partial charge >= 0.3 is 0 Å². The number of hydrogen-bond acceptors (Lipinski definition) is 2. The maximum absolute atomic E-state index is 9.01. The predicted molar refractivity (Wildman–Crippen MR) is 83.1 cm³/mol. The van der Waals surface area contributed by atoms with Crippen LogP contribution in [0.25, 0.3) is 10.9 Å². The van der Waals surface area contributed by atoms with Crippen LogP contribution in [0, 0.1) is 16.7 Å². The smallest absolute Gasteiger partial charge is 0.0683 e. The first kappa shape index (κ1) is 14.6. The fourth-order valence-electron chi connectivity index (χ4n) is 2.46. The Hall–Kier alpha value is -1.79. The molecule has 3 heteroatoms. The molecule has 1 aromatic carbocycles. The third kappa shape index (κ3) is 3.40. The highest BCUT2D eigenvalue weighted by molar-refractivity contribution is 5.80. The maximum Gasteiger partial charge on any atom is 0.0683 e. The van der Waals surface area contributed by atoms with Crippen LogP contribution >= 0.6 is 0 Å². The molecule has 2 N–H and O–H groups in total. The summed E-state index contributed by atoms with van der Waals surface area (Å²) in [6.07, 6.45) is 5.27. The van der Waals surface area contributed by atoms with E-state index in [9.17, 15) is 0 Å². The van der Waals surface area contributed by atoms with Crippen molar-refractivity contribution in [2.24, 2.45) is 11.1 Å². The van der Waals surface area contributed by atoms with Gasteiger partial charge in [-0.05, 0) is 49.8 Å². The summed E-state index contributed by atoms with van der Waals surface area (Å²) in [6, 6.07) is 10.9. The quantitative estimate of drug-likeness (QED) is 0.810. The third-order valence-corrected chi connectivity index (χ3v) is 3.83. The summed E-state index contributed by atoms with van der Waals surface area (Å²) < 4.78 is 2.29. The van der Waals surface area contributed by atoms with Gasteiger partial charge in [-0.1, -0.05) is 18.6 Å². The van der Waals surface area contributed by atoms with Crippen LogP contribution in [0.15, 0.2) is 30.5 Å². The molecule has 0 fully saturated rings. The van der Waals surface area contributed by atoms with Crippen molar-refractivity contribution in [1.29, 1.82) is 5.26 Å². The molecule has 0 unspecified atom stereocenters. The molecule has 2 aromatic rings. The minimum absolute atomic E-state index is 0.203. The topological polar surface area (TPSA) is 54.7 Å². The predicted octanol–water partition coefficient (Wildman–Crippen LogP) is 3.82. The molecule has 0 aliphatic carbocycles. The second kappa shape index (κ2) is 6.11. The molecule has 20 heavy (non-hydrogen) atoms. The minimum atomic E-state index is -0.203. The molecule has 0 atom stereocenters. The van der Waals surface area contributed by atoms with Gasteiger partial charge in [-0.25, -0.2) is 0 Å². The Labute approximate surface area is 121 Å². The zero-order chi connectivity index (χ0) is 14.6. The Kier molecular flexibility index (Phi) is 4.46. The van der Waals surface area contributed by atoms with Gasteiger partial charge in [0.2, 0.25) is 0 Å². The first-order valence-electron chi connectivity index (χ1n) is 7.25. The molecule has 0 amide bonds. The van der Waals surface area contributed by atoms with Crippen LogP contribution in [0.2, 0.25) is 0 Å². The van der Waals surface area contributed by atoms with Gasteiger partial charge in [0.25, 0.3) is 0 Å². The van der Waals surface area contributed by atoms with Crippen molar-refractivity contribution in [3.63, 3.8) is 0 Å². The van der Waals surface area contributed by atoms with Crippen molar-refractivity contribution in [3.05, 3.63) is 36.0 Å². The van der Waals surface area contributed by atoms with E-state index in [4.69, 9.17) is 11.0 Å². The van der Waals surface area contributed by atoms with Gasteiger partial charge < -0.3 is 10.3 Å². The van der Waals surface area contributed by atoms with Gasteiger partial charge in [0.15, 0.2) is 0 Å². The molecule has 0 radical (unpaired) electrons. The van der Waals surface area contributed by atoms with E-state index in [2.05, 4.69) is 41.1 Å². The number of aryl methyl sites for hydroxylation is 1. The second-order valence-electron chi connectivity index (χ2n) is 6.06. The summed E-state index contributed by atoms with van der Waals surface area (Å²) in [5.74, 6) is 0. The summed E-state index contributed by atoms with van der Waals surface area (Å²) in [5.41, 5.74) is 7.93. The molecule has 1 aromatic heterocycles. The summed E-state index contributed by atoms with van der Waals surface area (Å²) >= 11 is 0. The highest BCUT2D eigenvalue weighted by atomic mass is 14.9. The summed E-state index contributed by atoms with van der Waals surface area (Å²) in [5, 5.41) is 10.3. The number of nitrogens with two attached hydrogens (primary N) is 1. The lowest BCUT2D eigenvalue weighted by Gasteiger charge is -2.14. The molecule has 1 heterocycles. The molecule has 0 aliphatic rings. The lowest BCUT2D eigenvalue weighted by molar-refractivity contribution is 0.418. The Morgan fingerprint density at radius 2 is 2.05 bits per heavy atom.